The standard InChI is InChI=1S/C19H19ClN4O3S2/c1-13(2)24(19-23-22-12-28-19)29(26,27)17-8-6-14(7-9-17)11-21-18(25)15-4-3-5-16(20)10-15/h3-10,12-13H,11H2,1-2H3,(H,21,25). The lowest BCUT2D eigenvalue weighted by Crippen LogP contribution is -2.37. The molecule has 0 saturated heterocycles. The van der Waals surface area contributed by atoms with Crippen molar-refractivity contribution in [2.45, 2.75) is 31.3 Å². The number of anilines is 1. The van der Waals surface area contributed by atoms with Gasteiger partial charge in [-0.15, -0.1) is 10.2 Å². The summed E-state index contributed by atoms with van der Waals surface area (Å²) >= 11 is 7.06. The highest BCUT2D eigenvalue weighted by molar-refractivity contribution is 7.93. The summed E-state index contributed by atoms with van der Waals surface area (Å²) < 4.78 is 27.3. The number of hydrogen-bond acceptors (Lipinski definition) is 6. The fraction of sp³-hybridized carbons (Fsp3) is 0.211. The van der Waals surface area contributed by atoms with Crippen molar-refractivity contribution in [3.8, 4) is 0 Å². The van der Waals surface area contributed by atoms with Crippen LogP contribution in [0.5, 0.6) is 0 Å². The van der Waals surface area contributed by atoms with E-state index in [9.17, 15) is 13.2 Å². The SMILES string of the molecule is CC(C)N(c1nncs1)S(=O)(=O)c1ccc(CNC(=O)c2cccc(Cl)c2)cc1. The van der Waals surface area contributed by atoms with E-state index in [1.54, 1.807) is 50.2 Å². The number of aromatic nitrogens is 2. The molecular weight excluding hydrogens is 432 g/mol. The van der Waals surface area contributed by atoms with Gasteiger partial charge in [0.2, 0.25) is 5.13 Å². The van der Waals surface area contributed by atoms with Crippen molar-refractivity contribution in [2.75, 3.05) is 4.31 Å². The van der Waals surface area contributed by atoms with Gasteiger partial charge in [0.25, 0.3) is 15.9 Å². The molecule has 152 valence electrons. The Morgan fingerprint density at radius 3 is 2.52 bits per heavy atom. The molecule has 0 aliphatic rings. The van der Waals surface area contributed by atoms with Crippen LogP contribution in [0.3, 0.4) is 0 Å². The number of carbonyl (C=O) groups excluding carboxylic acids is 1. The van der Waals surface area contributed by atoms with Crippen molar-refractivity contribution < 1.29 is 13.2 Å². The van der Waals surface area contributed by atoms with Crippen LogP contribution in [0.25, 0.3) is 0 Å². The van der Waals surface area contributed by atoms with E-state index < -0.39 is 10.0 Å². The second-order valence-corrected chi connectivity index (χ2v) is 9.52. The minimum Gasteiger partial charge on any atom is -0.348 e. The first-order chi connectivity index (χ1) is 13.8. The van der Waals surface area contributed by atoms with E-state index in [2.05, 4.69) is 15.5 Å². The molecule has 0 aliphatic heterocycles. The van der Waals surface area contributed by atoms with Gasteiger partial charge in [0.15, 0.2) is 0 Å². The quantitative estimate of drug-likeness (QED) is 0.592. The highest BCUT2D eigenvalue weighted by Gasteiger charge is 2.29. The number of carbonyl (C=O) groups is 1. The number of hydrogen-bond donors (Lipinski definition) is 1. The Labute approximate surface area is 178 Å². The summed E-state index contributed by atoms with van der Waals surface area (Å²) in [5.74, 6) is -0.258. The third-order valence-corrected chi connectivity index (χ3v) is 7.05. The Hall–Kier alpha value is -2.49. The molecule has 2 aromatic carbocycles. The highest BCUT2D eigenvalue weighted by Crippen LogP contribution is 2.27. The average molecular weight is 451 g/mol. The Morgan fingerprint density at radius 1 is 1.21 bits per heavy atom. The Bertz CT molecular complexity index is 1080. The molecule has 10 heteroatoms. The summed E-state index contributed by atoms with van der Waals surface area (Å²) in [6, 6.07) is 12.7. The van der Waals surface area contributed by atoms with Crippen LogP contribution >= 0.6 is 22.9 Å². The first-order valence-corrected chi connectivity index (χ1v) is 11.4. The van der Waals surface area contributed by atoms with Crippen LogP contribution in [-0.2, 0) is 16.6 Å². The summed E-state index contributed by atoms with van der Waals surface area (Å²) in [6.07, 6.45) is 0. The van der Waals surface area contributed by atoms with Gasteiger partial charge >= 0.3 is 0 Å². The molecule has 0 aliphatic carbocycles. The molecule has 0 atom stereocenters. The summed E-state index contributed by atoms with van der Waals surface area (Å²) in [7, 11) is -3.78. The van der Waals surface area contributed by atoms with Crippen LogP contribution in [0.15, 0.2) is 58.9 Å². The third-order valence-electron chi connectivity index (χ3n) is 4.03. The van der Waals surface area contributed by atoms with Gasteiger partial charge in [0.05, 0.1) is 4.90 Å². The molecule has 3 rings (SSSR count). The molecule has 29 heavy (non-hydrogen) atoms. The zero-order chi connectivity index (χ0) is 21.0. The Balaban J connectivity index is 1.73. The zero-order valence-electron chi connectivity index (χ0n) is 15.7. The molecular formula is C19H19ClN4O3S2. The number of benzene rings is 2. The van der Waals surface area contributed by atoms with Gasteiger partial charge in [-0.05, 0) is 49.7 Å². The van der Waals surface area contributed by atoms with Gasteiger partial charge in [-0.3, -0.25) is 4.79 Å². The molecule has 1 N–H and O–H groups in total. The fourth-order valence-corrected chi connectivity index (χ4v) is 5.39. The van der Waals surface area contributed by atoms with Crippen molar-refractivity contribution in [3.05, 3.63) is 70.2 Å². The minimum absolute atomic E-state index is 0.145. The Kier molecular flexibility index (Phi) is 6.51. The van der Waals surface area contributed by atoms with E-state index in [1.165, 1.54) is 21.9 Å². The van der Waals surface area contributed by atoms with E-state index in [4.69, 9.17) is 11.6 Å². The lowest BCUT2D eigenvalue weighted by atomic mass is 10.2. The topological polar surface area (TPSA) is 92.3 Å². The molecule has 3 aromatic rings. The second-order valence-electron chi connectivity index (χ2n) is 6.45. The van der Waals surface area contributed by atoms with Crippen LogP contribution in [0.1, 0.15) is 29.8 Å². The largest absolute Gasteiger partial charge is 0.348 e. The summed E-state index contributed by atoms with van der Waals surface area (Å²) in [5, 5.41) is 11.2. The average Bonchev–Trinajstić information content (AvgIpc) is 3.20. The summed E-state index contributed by atoms with van der Waals surface area (Å²) in [4.78, 5) is 12.4. The van der Waals surface area contributed by atoms with Crippen LogP contribution in [0.4, 0.5) is 5.13 Å². The van der Waals surface area contributed by atoms with Crippen molar-refractivity contribution in [3.63, 3.8) is 0 Å². The molecule has 0 radical (unpaired) electrons. The van der Waals surface area contributed by atoms with Crippen molar-refractivity contribution in [1.29, 1.82) is 0 Å². The van der Waals surface area contributed by atoms with Crippen LogP contribution in [0.2, 0.25) is 5.02 Å². The van der Waals surface area contributed by atoms with E-state index in [-0.39, 0.29) is 23.4 Å². The van der Waals surface area contributed by atoms with Gasteiger partial charge in [0, 0.05) is 23.2 Å². The summed E-state index contributed by atoms with van der Waals surface area (Å²) in [6.45, 7) is 3.81. The van der Waals surface area contributed by atoms with E-state index in [0.717, 1.165) is 16.9 Å². The van der Waals surface area contributed by atoms with Crippen molar-refractivity contribution >= 4 is 44.0 Å². The number of halogens is 1. The van der Waals surface area contributed by atoms with Crippen LogP contribution in [0, 0.1) is 0 Å². The number of amides is 1. The maximum atomic E-state index is 13.0. The molecule has 0 fully saturated rings. The molecule has 1 aromatic heterocycles. The lowest BCUT2D eigenvalue weighted by molar-refractivity contribution is 0.0951. The minimum atomic E-state index is -3.78. The molecule has 0 spiro atoms. The number of sulfonamides is 1. The molecule has 7 nitrogen and oxygen atoms in total. The first-order valence-electron chi connectivity index (χ1n) is 8.72. The van der Waals surface area contributed by atoms with Gasteiger partial charge in [0.1, 0.15) is 5.51 Å². The number of nitrogens with one attached hydrogen (secondary N) is 1. The van der Waals surface area contributed by atoms with Crippen LogP contribution in [-0.4, -0.2) is 30.6 Å². The maximum absolute atomic E-state index is 13.0. The van der Waals surface area contributed by atoms with E-state index >= 15 is 0 Å². The molecule has 0 saturated carbocycles. The van der Waals surface area contributed by atoms with Gasteiger partial charge in [-0.2, -0.15) is 0 Å². The smallest absolute Gasteiger partial charge is 0.266 e. The molecule has 1 heterocycles. The Morgan fingerprint density at radius 2 is 1.93 bits per heavy atom. The van der Waals surface area contributed by atoms with Gasteiger partial charge in [-0.25, -0.2) is 12.7 Å². The van der Waals surface area contributed by atoms with E-state index in [0.29, 0.717) is 15.7 Å². The second kappa shape index (κ2) is 8.89. The van der Waals surface area contributed by atoms with Gasteiger partial charge in [-0.1, -0.05) is 41.1 Å². The first kappa shape index (κ1) is 21.2. The highest BCUT2D eigenvalue weighted by atomic mass is 35.5. The molecule has 1 amide bonds. The van der Waals surface area contributed by atoms with Gasteiger partial charge < -0.3 is 5.32 Å². The fourth-order valence-electron chi connectivity index (χ4n) is 2.67. The van der Waals surface area contributed by atoms with Crippen molar-refractivity contribution in [1.82, 2.24) is 15.5 Å². The summed E-state index contributed by atoms with van der Waals surface area (Å²) in [5.41, 5.74) is 2.72. The lowest BCUT2D eigenvalue weighted by Gasteiger charge is -2.25. The zero-order valence-corrected chi connectivity index (χ0v) is 18.1. The predicted octanol–water partition coefficient (Wildman–Crippen LogP) is 3.73. The monoisotopic (exact) mass is 450 g/mol. The molecule has 0 bridgehead atoms. The third kappa shape index (κ3) is 4.92. The molecule has 0 unspecified atom stereocenters. The normalized spacial score (nSPS) is 11.4. The van der Waals surface area contributed by atoms with Crippen molar-refractivity contribution in [2.24, 2.45) is 0 Å². The number of rotatable bonds is 7. The number of nitrogens with zero attached hydrogens (tertiary/aromatic N) is 3. The van der Waals surface area contributed by atoms with E-state index in [1.807, 2.05) is 0 Å². The maximum Gasteiger partial charge on any atom is 0.266 e. The van der Waals surface area contributed by atoms with Crippen LogP contribution < -0.4 is 9.62 Å². The predicted molar refractivity (Wildman–Crippen MR) is 114 cm³/mol.